The summed E-state index contributed by atoms with van der Waals surface area (Å²) >= 11 is 0. The molecule has 0 aliphatic carbocycles. The molecule has 168 valence electrons. The lowest BCUT2D eigenvalue weighted by Crippen LogP contribution is -2.56. The quantitative estimate of drug-likeness (QED) is 0.440. The summed E-state index contributed by atoms with van der Waals surface area (Å²) in [5.74, 6) is -0.122. The Bertz CT molecular complexity index is 1020. The van der Waals surface area contributed by atoms with Crippen LogP contribution in [0.15, 0.2) is 54.1 Å². The van der Waals surface area contributed by atoms with E-state index in [-0.39, 0.29) is 18.7 Å². The Labute approximate surface area is 188 Å². The van der Waals surface area contributed by atoms with Gasteiger partial charge >= 0.3 is 6.03 Å². The third kappa shape index (κ3) is 4.99. The number of nitrogens with zero attached hydrogens (tertiary/aromatic N) is 2. The van der Waals surface area contributed by atoms with Crippen molar-refractivity contribution in [3.63, 3.8) is 0 Å². The van der Waals surface area contributed by atoms with Gasteiger partial charge < -0.3 is 9.47 Å². The number of barbiturate groups is 1. The van der Waals surface area contributed by atoms with Crippen LogP contribution in [0.2, 0.25) is 0 Å². The van der Waals surface area contributed by atoms with E-state index in [0.29, 0.717) is 29.9 Å². The molecule has 4 amide bonds. The second-order valence-corrected chi connectivity index (χ2v) is 7.45. The Hall–Kier alpha value is -3.61. The summed E-state index contributed by atoms with van der Waals surface area (Å²) in [4.78, 5) is 41.7. The minimum absolute atomic E-state index is 0.0581. The van der Waals surface area contributed by atoms with Crippen LogP contribution in [0.25, 0.3) is 6.08 Å². The largest absolute Gasteiger partial charge is 0.497 e. The molecular formula is C25H28N2O5. The van der Waals surface area contributed by atoms with E-state index in [9.17, 15) is 14.4 Å². The number of imide groups is 2. The summed E-state index contributed by atoms with van der Waals surface area (Å²) in [7, 11) is 3.05. The molecule has 7 nitrogen and oxygen atoms in total. The predicted octanol–water partition coefficient (Wildman–Crippen LogP) is 3.92. The average Bonchev–Trinajstić information content (AvgIpc) is 2.82. The number of rotatable bonds is 9. The van der Waals surface area contributed by atoms with Crippen LogP contribution in [0.1, 0.15) is 30.9 Å². The van der Waals surface area contributed by atoms with Gasteiger partial charge in [0.15, 0.2) is 0 Å². The summed E-state index contributed by atoms with van der Waals surface area (Å²) in [6.07, 6.45) is 3.48. The second-order valence-electron chi connectivity index (χ2n) is 7.45. The van der Waals surface area contributed by atoms with Crippen molar-refractivity contribution < 1.29 is 23.9 Å². The highest BCUT2D eigenvalue weighted by Crippen LogP contribution is 2.29. The van der Waals surface area contributed by atoms with Crippen molar-refractivity contribution in [3.8, 4) is 11.5 Å². The molecule has 2 aromatic carbocycles. The summed E-state index contributed by atoms with van der Waals surface area (Å²) in [6, 6.07) is 14.2. The van der Waals surface area contributed by atoms with E-state index < -0.39 is 17.8 Å². The maximum Gasteiger partial charge on any atom is 0.333 e. The van der Waals surface area contributed by atoms with Crippen molar-refractivity contribution in [1.29, 1.82) is 0 Å². The second kappa shape index (κ2) is 10.6. The smallest absolute Gasteiger partial charge is 0.333 e. The highest BCUT2D eigenvalue weighted by Gasteiger charge is 2.41. The number of urea groups is 1. The van der Waals surface area contributed by atoms with E-state index in [1.807, 2.05) is 37.3 Å². The molecule has 1 heterocycles. The molecule has 1 saturated heterocycles. The van der Waals surface area contributed by atoms with Crippen LogP contribution in [-0.4, -0.2) is 55.0 Å². The third-order valence-corrected chi connectivity index (χ3v) is 5.36. The molecule has 7 heteroatoms. The minimum Gasteiger partial charge on any atom is -0.497 e. The van der Waals surface area contributed by atoms with Crippen LogP contribution in [0.4, 0.5) is 4.79 Å². The Kier molecular flexibility index (Phi) is 7.65. The van der Waals surface area contributed by atoms with Crippen LogP contribution in [-0.2, 0) is 16.0 Å². The maximum atomic E-state index is 13.2. The number of carbonyl (C=O) groups is 3. The van der Waals surface area contributed by atoms with Gasteiger partial charge in [-0.05, 0) is 36.6 Å². The Morgan fingerprint density at radius 2 is 1.56 bits per heavy atom. The van der Waals surface area contributed by atoms with E-state index in [1.54, 1.807) is 25.3 Å². The van der Waals surface area contributed by atoms with Gasteiger partial charge in [-0.15, -0.1) is 0 Å². The van der Waals surface area contributed by atoms with E-state index in [1.165, 1.54) is 13.2 Å². The molecule has 1 aliphatic heterocycles. The van der Waals surface area contributed by atoms with Gasteiger partial charge in [0.1, 0.15) is 17.1 Å². The molecule has 0 radical (unpaired) electrons. The van der Waals surface area contributed by atoms with Crippen LogP contribution in [0.3, 0.4) is 0 Å². The van der Waals surface area contributed by atoms with E-state index in [2.05, 4.69) is 0 Å². The van der Waals surface area contributed by atoms with Crippen LogP contribution < -0.4 is 9.47 Å². The maximum absolute atomic E-state index is 13.2. The number of carbonyl (C=O) groups excluding carboxylic acids is 3. The van der Waals surface area contributed by atoms with Crippen LogP contribution >= 0.6 is 0 Å². The minimum atomic E-state index is -0.596. The number of amides is 4. The lowest BCUT2D eigenvalue weighted by atomic mass is 10.0. The molecule has 0 N–H and O–H groups in total. The van der Waals surface area contributed by atoms with Gasteiger partial charge in [0, 0.05) is 24.7 Å². The molecule has 2 aromatic rings. The van der Waals surface area contributed by atoms with Crippen molar-refractivity contribution in [1.82, 2.24) is 9.80 Å². The first-order chi connectivity index (χ1) is 15.5. The van der Waals surface area contributed by atoms with E-state index >= 15 is 0 Å². The van der Waals surface area contributed by atoms with Crippen molar-refractivity contribution in [2.75, 3.05) is 27.3 Å². The topological polar surface area (TPSA) is 76.2 Å². The first kappa shape index (κ1) is 23.1. The number of benzene rings is 2. The SMILES string of the molecule is CCCCN1C(=O)/C(=C\c2ccc(OC)cc2OC)C(=O)N(CCc2ccccc2)C1=O. The van der Waals surface area contributed by atoms with Crippen molar-refractivity contribution in [3.05, 3.63) is 65.2 Å². The molecule has 0 bridgehead atoms. The number of hydrogen-bond acceptors (Lipinski definition) is 5. The van der Waals surface area contributed by atoms with Gasteiger partial charge in [0.05, 0.1) is 14.2 Å². The van der Waals surface area contributed by atoms with E-state index in [4.69, 9.17) is 9.47 Å². The number of hydrogen-bond donors (Lipinski definition) is 0. The zero-order chi connectivity index (χ0) is 23.1. The Morgan fingerprint density at radius 1 is 0.875 bits per heavy atom. The van der Waals surface area contributed by atoms with Gasteiger partial charge in [0.25, 0.3) is 11.8 Å². The Morgan fingerprint density at radius 3 is 2.19 bits per heavy atom. The fourth-order valence-electron chi connectivity index (χ4n) is 3.51. The van der Waals surface area contributed by atoms with Crippen molar-refractivity contribution in [2.24, 2.45) is 0 Å². The number of unbranched alkanes of at least 4 members (excludes halogenated alkanes) is 1. The highest BCUT2D eigenvalue weighted by molar-refractivity contribution is 6.31. The van der Waals surface area contributed by atoms with Crippen molar-refractivity contribution in [2.45, 2.75) is 26.2 Å². The zero-order valence-electron chi connectivity index (χ0n) is 18.7. The normalized spacial score (nSPS) is 15.5. The lowest BCUT2D eigenvalue weighted by molar-refractivity contribution is -0.135. The summed E-state index contributed by atoms with van der Waals surface area (Å²) in [5, 5.41) is 0. The van der Waals surface area contributed by atoms with Crippen LogP contribution in [0.5, 0.6) is 11.5 Å². The van der Waals surface area contributed by atoms with Gasteiger partial charge in [0.2, 0.25) is 0 Å². The molecule has 0 spiro atoms. The van der Waals surface area contributed by atoms with Gasteiger partial charge in [-0.1, -0.05) is 43.7 Å². The third-order valence-electron chi connectivity index (χ3n) is 5.36. The Balaban J connectivity index is 1.96. The molecule has 32 heavy (non-hydrogen) atoms. The van der Waals surface area contributed by atoms with Crippen molar-refractivity contribution >= 4 is 23.9 Å². The fraction of sp³-hybridized carbons (Fsp3) is 0.320. The standard InChI is InChI=1S/C25H28N2O5/c1-4-5-14-26-23(28)21(16-19-11-12-20(31-2)17-22(19)32-3)24(29)27(25(26)30)15-13-18-9-7-6-8-10-18/h6-12,16-17H,4-5,13-15H2,1-3H3/b21-16+. The van der Waals surface area contributed by atoms with E-state index in [0.717, 1.165) is 21.8 Å². The molecule has 0 unspecified atom stereocenters. The summed E-state index contributed by atoms with van der Waals surface area (Å²) in [6.45, 7) is 2.44. The average molecular weight is 437 g/mol. The number of methoxy groups -OCH3 is 2. The molecular weight excluding hydrogens is 408 g/mol. The predicted molar refractivity (Wildman–Crippen MR) is 121 cm³/mol. The zero-order valence-corrected chi connectivity index (χ0v) is 18.7. The number of ether oxygens (including phenoxy) is 2. The molecule has 0 aromatic heterocycles. The first-order valence-corrected chi connectivity index (χ1v) is 10.7. The molecule has 1 aliphatic rings. The van der Waals surface area contributed by atoms with Gasteiger partial charge in [-0.3, -0.25) is 19.4 Å². The molecule has 1 fully saturated rings. The summed E-state index contributed by atoms with van der Waals surface area (Å²) < 4.78 is 10.6. The monoisotopic (exact) mass is 436 g/mol. The molecule has 0 saturated carbocycles. The van der Waals surface area contributed by atoms with Gasteiger partial charge in [-0.25, -0.2) is 4.79 Å². The first-order valence-electron chi connectivity index (χ1n) is 10.7. The fourth-order valence-corrected chi connectivity index (χ4v) is 3.51. The molecule has 0 atom stereocenters. The molecule has 3 rings (SSSR count). The summed E-state index contributed by atoms with van der Waals surface area (Å²) in [5.41, 5.74) is 1.50. The highest BCUT2D eigenvalue weighted by atomic mass is 16.5. The van der Waals surface area contributed by atoms with Crippen LogP contribution in [0, 0.1) is 0 Å². The van der Waals surface area contributed by atoms with Gasteiger partial charge in [-0.2, -0.15) is 0 Å². The lowest BCUT2D eigenvalue weighted by Gasteiger charge is -2.34.